The minimum Gasteiger partial charge on any atom is -0.458 e. The Bertz CT molecular complexity index is 660. The number of hydrogen-bond acceptors (Lipinski definition) is 4. The summed E-state index contributed by atoms with van der Waals surface area (Å²) in [6, 6.07) is 0. The van der Waals surface area contributed by atoms with Gasteiger partial charge < -0.3 is 9.94 Å². The Morgan fingerprint density at radius 3 is 2.54 bits per heavy atom. The molecule has 1 saturated heterocycles. The third-order valence-electron chi connectivity index (χ3n) is 9.97. The van der Waals surface area contributed by atoms with Crippen LogP contribution in [0.25, 0.3) is 0 Å². The molecule has 0 unspecified atom stereocenters. The van der Waals surface area contributed by atoms with Gasteiger partial charge in [0.2, 0.25) is 0 Å². The lowest BCUT2D eigenvalue weighted by atomic mass is 9.44. The smallest absolute Gasteiger partial charge is 0.306 e. The molecule has 5 fully saturated rings. The van der Waals surface area contributed by atoms with Gasteiger partial charge in [-0.1, -0.05) is 19.0 Å². The number of rotatable bonds is 0. The van der Waals surface area contributed by atoms with Crippen LogP contribution in [0.3, 0.4) is 0 Å². The second kappa shape index (κ2) is 5.48. The van der Waals surface area contributed by atoms with Gasteiger partial charge in [-0.15, -0.1) is 0 Å². The molecule has 1 aliphatic heterocycles. The van der Waals surface area contributed by atoms with Crippen molar-refractivity contribution in [2.24, 2.45) is 39.7 Å². The molecule has 1 N–H and O–H groups in total. The highest BCUT2D eigenvalue weighted by atomic mass is 16.6. The second-order valence-corrected chi connectivity index (χ2v) is 10.5. The molecule has 0 amide bonds. The van der Waals surface area contributed by atoms with Crippen LogP contribution in [0.5, 0.6) is 0 Å². The molecule has 0 aromatic heterocycles. The second-order valence-electron chi connectivity index (χ2n) is 10.5. The topological polar surface area (TPSA) is 58.9 Å². The number of esters is 1. The minimum absolute atomic E-state index is 0.0350. The highest BCUT2D eigenvalue weighted by Crippen LogP contribution is 2.70. The highest BCUT2D eigenvalue weighted by Gasteiger charge is 2.67. The first-order chi connectivity index (χ1) is 12.4. The molecule has 5 aliphatic rings. The van der Waals surface area contributed by atoms with E-state index in [1.54, 1.807) is 0 Å². The van der Waals surface area contributed by atoms with E-state index in [2.05, 4.69) is 19.0 Å². The molecule has 0 radical (unpaired) electrons. The Hall–Kier alpha value is -1.06. The number of carbonyl (C=O) groups is 1. The summed E-state index contributed by atoms with van der Waals surface area (Å²) in [7, 11) is 0. The normalized spacial score (nSPS) is 54.7. The van der Waals surface area contributed by atoms with Gasteiger partial charge in [0, 0.05) is 11.8 Å². The molecule has 4 nitrogen and oxygen atoms in total. The monoisotopic (exact) mass is 359 g/mol. The summed E-state index contributed by atoms with van der Waals surface area (Å²) in [6.45, 7) is 4.98. The molecule has 144 valence electrons. The first-order valence-corrected chi connectivity index (χ1v) is 10.8. The summed E-state index contributed by atoms with van der Waals surface area (Å²) >= 11 is 0. The summed E-state index contributed by atoms with van der Waals surface area (Å²) < 4.78 is 6.04. The Kier molecular flexibility index (Phi) is 3.60. The zero-order valence-corrected chi connectivity index (χ0v) is 16.3. The van der Waals surface area contributed by atoms with E-state index >= 15 is 0 Å². The molecule has 4 heteroatoms. The minimum atomic E-state index is -0.152. The summed E-state index contributed by atoms with van der Waals surface area (Å²) in [4.78, 5) is 11.9. The lowest BCUT2D eigenvalue weighted by Crippen LogP contribution is -2.56. The quantitative estimate of drug-likeness (QED) is 0.379. The number of oxime groups is 1. The fourth-order valence-electron chi connectivity index (χ4n) is 8.45. The van der Waals surface area contributed by atoms with Crippen LogP contribution in [0.1, 0.15) is 84.5 Å². The summed E-state index contributed by atoms with van der Waals surface area (Å²) in [5.74, 6) is 3.03. The first-order valence-electron chi connectivity index (χ1n) is 10.8. The van der Waals surface area contributed by atoms with E-state index in [0.29, 0.717) is 17.8 Å². The first kappa shape index (κ1) is 17.1. The zero-order valence-electron chi connectivity index (χ0n) is 16.3. The molecule has 1 spiro atoms. The van der Waals surface area contributed by atoms with Crippen LogP contribution in [-0.2, 0) is 9.53 Å². The molecule has 5 rings (SSSR count). The number of nitrogens with zero attached hydrogens (tertiary/aromatic N) is 1. The molecular formula is C22H33NO3. The third-order valence-corrected chi connectivity index (χ3v) is 9.97. The number of carbonyl (C=O) groups excluding carboxylic acids is 1. The third kappa shape index (κ3) is 2.02. The fraction of sp³-hybridized carbons (Fsp3) is 0.909. The van der Waals surface area contributed by atoms with Crippen molar-refractivity contribution in [1.29, 1.82) is 0 Å². The van der Waals surface area contributed by atoms with E-state index in [0.717, 1.165) is 49.1 Å². The number of hydrogen-bond donors (Lipinski definition) is 1. The van der Waals surface area contributed by atoms with Crippen molar-refractivity contribution in [3.8, 4) is 0 Å². The van der Waals surface area contributed by atoms with Gasteiger partial charge in [-0.3, -0.25) is 4.79 Å². The van der Waals surface area contributed by atoms with Gasteiger partial charge in [-0.25, -0.2) is 0 Å². The van der Waals surface area contributed by atoms with E-state index in [9.17, 15) is 10.0 Å². The van der Waals surface area contributed by atoms with E-state index in [-0.39, 0.29) is 17.0 Å². The SMILES string of the molecule is C[C@]12CC/C(=N/O)C[C@H]1CC[C@@H]1[C@@H]2CC[C@@]2(C)[C@H]1CC[C@@]21CCC(=O)O1. The maximum Gasteiger partial charge on any atom is 0.306 e. The van der Waals surface area contributed by atoms with Crippen molar-refractivity contribution in [3.63, 3.8) is 0 Å². The number of ether oxygens (including phenoxy) is 1. The highest BCUT2D eigenvalue weighted by molar-refractivity contribution is 5.85. The summed E-state index contributed by atoms with van der Waals surface area (Å²) in [6.07, 6.45) is 12.2. The summed E-state index contributed by atoms with van der Waals surface area (Å²) in [5, 5.41) is 12.8. The van der Waals surface area contributed by atoms with Crippen LogP contribution in [0.4, 0.5) is 0 Å². The Balaban J connectivity index is 1.44. The van der Waals surface area contributed by atoms with Gasteiger partial charge >= 0.3 is 5.97 Å². The number of fused-ring (bicyclic) bond motifs is 6. The fourth-order valence-corrected chi connectivity index (χ4v) is 8.45. The average molecular weight is 360 g/mol. The Morgan fingerprint density at radius 2 is 1.81 bits per heavy atom. The molecule has 4 saturated carbocycles. The van der Waals surface area contributed by atoms with Crippen molar-refractivity contribution in [3.05, 3.63) is 0 Å². The van der Waals surface area contributed by atoms with Crippen LogP contribution in [0.15, 0.2) is 5.16 Å². The zero-order chi connectivity index (χ0) is 18.2. The van der Waals surface area contributed by atoms with Gasteiger partial charge in [0.15, 0.2) is 0 Å². The molecule has 0 bridgehead atoms. The van der Waals surface area contributed by atoms with Crippen molar-refractivity contribution in [2.75, 3.05) is 0 Å². The molecule has 0 aromatic rings. The molecule has 4 aliphatic carbocycles. The largest absolute Gasteiger partial charge is 0.458 e. The van der Waals surface area contributed by atoms with Crippen LogP contribution in [-0.4, -0.2) is 22.5 Å². The van der Waals surface area contributed by atoms with Crippen LogP contribution >= 0.6 is 0 Å². The summed E-state index contributed by atoms with van der Waals surface area (Å²) in [5.41, 5.74) is 1.46. The van der Waals surface area contributed by atoms with Gasteiger partial charge in [-0.2, -0.15) is 0 Å². The predicted octanol–water partition coefficient (Wildman–Crippen LogP) is 4.94. The van der Waals surface area contributed by atoms with Crippen molar-refractivity contribution in [2.45, 2.75) is 90.1 Å². The maximum absolute atomic E-state index is 11.9. The molecular weight excluding hydrogens is 326 g/mol. The standard InChI is InChI=1S/C22H33NO3/c1-20-9-5-15(23-25)13-14(20)3-4-16-17(20)6-10-21(2)18(16)7-11-22(21)12-8-19(24)26-22/h14,16-18,25H,3-13H2,1-2H3/b23-15-/t14-,16-,17+,18+,20+,21+,22-/m1/s1. The molecule has 7 atom stereocenters. The molecule has 0 aromatic carbocycles. The Labute approximate surface area is 156 Å². The van der Waals surface area contributed by atoms with Crippen LogP contribution < -0.4 is 0 Å². The Morgan fingerprint density at radius 1 is 1.00 bits per heavy atom. The van der Waals surface area contributed by atoms with Gasteiger partial charge in [0.25, 0.3) is 0 Å². The maximum atomic E-state index is 11.9. The lowest BCUT2D eigenvalue weighted by Gasteiger charge is -2.61. The molecule has 1 heterocycles. The van der Waals surface area contributed by atoms with E-state index in [4.69, 9.17) is 4.74 Å². The van der Waals surface area contributed by atoms with Crippen molar-refractivity contribution < 1.29 is 14.7 Å². The van der Waals surface area contributed by atoms with Crippen molar-refractivity contribution >= 4 is 11.7 Å². The van der Waals surface area contributed by atoms with Crippen molar-refractivity contribution in [1.82, 2.24) is 0 Å². The van der Waals surface area contributed by atoms with Crippen LogP contribution in [0, 0.1) is 34.5 Å². The van der Waals surface area contributed by atoms with Gasteiger partial charge in [0.05, 0.1) is 5.71 Å². The lowest BCUT2D eigenvalue weighted by molar-refractivity contribution is -0.172. The molecule has 26 heavy (non-hydrogen) atoms. The van der Waals surface area contributed by atoms with Gasteiger partial charge in [0.1, 0.15) is 5.60 Å². The predicted molar refractivity (Wildman–Crippen MR) is 99.0 cm³/mol. The van der Waals surface area contributed by atoms with E-state index in [1.165, 1.54) is 38.5 Å². The average Bonchev–Trinajstić information content (AvgIpc) is 3.15. The van der Waals surface area contributed by atoms with Crippen LogP contribution in [0.2, 0.25) is 0 Å². The van der Waals surface area contributed by atoms with E-state index < -0.39 is 0 Å². The van der Waals surface area contributed by atoms with Gasteiger partial charge in [-0.05, 0) is 93.3 Å². The van der Waals surface area contributed by atoms with E-state index in [1.807, 2.05) is 0 Å².